The van der Waals surface area contributed by atoms with Gasteiger partial charge in [-0.2, -0.15) is 0 Å². The number of phenolic OH excluding ortho intramolecular Hbond substituents is 1. The molecule has 140 valence electrons. The number of pyridine rings is 2. The van der Waals surface area contributed by atoms with Crippen molar-refractivity contribution in [3.05, 3.63) is 108 Å². The lowest BCUT2D eigenvalue weighted by Crippen LogP contribution is -2.13. The summed E-state index contributed by atoms with van der Waals surface area (Å²) in [6, 6.07) is 27.7. The van der Waals surface area contributed by atoms with Crippen molar-refractivity contribution in [3.63, 3.8) is 0 Å². The number of nitrogens with zero attached hydrogens (tertiary/aromatic N) is 2. The molecular weight excluding hydrogens is 358 g/mol. The molecule has 3 aromatic carbocycles. The first-order valence-corrected chi connectivity index (χ1v) is 9.53. The van der Waals surface area contributed by atoms with Gasteiger partial charge in [0.05, 0.1) is 17.2 Å². The third-order valence-corrected chi connectivity index (χ3v) is 5.16. The zero-order chi connectivity index (χ0) is 19.6. The number of aromatic hydroxyl groups is 1. The molecule has 0 saturated heterocycles. The minimum absolute atomic E-state index is 0.192. The van der Waals surface area contributed by atoms with Gasteiger partial charge in [0.25, 0.3) is 0 Å². The van der Waals surface area contributed by atoms with E-state index in [9.17, 15) is 5.11 Å². The molecule has 29 heavy (non-hydrogen) atoms. The van der Waals surface area contributed by atoms with Gasteiger partial charge in [0, 0.05) is 28.7 Å². The lowest BCUT2D eigenvalue weighted by molar-refractivity contribution is 0.472. The van der Waals surface area contributed by atoms with E-state index in [0.29, 0.717) is 5.52 Å². The summed E-state index contributed by atoms with van der Waals surface area (Å²) < 4.78 is 0. The number of phenols is 1. The summed E-state index contributed by atoms with van der Waals surface area (Å²) in [6.07, 6.45) is 3.49. The number of benzene rings is 3. The van der Waals surface area contributed by atoms with Crippen molar-refractivity contribution in [2.75, 3.05) is 5.32 Å². The molecule has 0 fully saturated rings. The van der Waals surface area contributed by atoms with Gasteiger partial charge in [-0.05, 0) is 23.8 Å². The highest BCUT2D eigenvalue weighted by atomic mass is 16.3. The molecule has 0 aliphatic heterocycles. The summed E-state index contributed by atoms with van der Waals surface area (Å²) in [4.78, 5) is 8.94. The van der Waals surface area contributed by atoms with Gasteiger partial charge in [0.15, 0.2) is 0 Å². The normalized spacial score (nSPS) is 12.1. The molecule has 2 aromatic heterocycles. The molecular formula is C25H19N3O. The predicted molar refractivity (Wildman–Crippen MR) is 117 cm³/mol. The summed E-state index contributed by atoms with van der Waals surface area (Å²) >= 11 is 0. The molecule has 0 spiro atoms. The summed E-state index contributed by atoms with van der Waals surface area (Å²) in [5.74, 6) is 0.192. The lowest BCUT2D eigenvalue weighted by atomic mass is 9.96. The highest BCUT2D eigenvalue weighted by Gasteiger charge is 2.20. The number of anilines is 1. The molecule has 4 nitrogen and oxygen atoms in total. The average Bonchev–Trinajstić information content (AvgIpc) is 2.79. The van der Waals surface area contributed by atoms with E-state index in [-0.39, 0.29) is 11.8 Å². The Labute approximate surface area is 168 Å². The van der Waals surface area contributed by atoms with Crippen molar-refractivity contribution in [1.29, 1.82) is 0 Å². The van der Waals surface area contributed by atoms with Crippen LogP contribution in [-0.2, 0) is 0 Å². The van der Waals surface area contributed by atoms with Gasteiger partial charge in [-0.15, -0.1) is 0 Å². The monoisotopic (exact) mass is 377 g/mol. The Morgan fingerprint density at radius 1 is 0.655 bits per heavy atom. The smallest absolute Gasteiger partial charge is 0.147 e. The van der Waals surface area contributed by atoms with E-state index in [2.05, 4.69) is 27.4 Å². The molecule has 0 unspecified atom stereocenters. The highest BCUT2D eigenvalue weighted by Crippen LogP contribution is 2.37. The van der Waals surface area contributed by atoms with E-state index in [0.717, 1.165) is 33.1 Å². The second-order valence-corrected chi connectivity index (χ2v) is 6.95. The molecule has 0 saturated carbocycles. The van der Waals surface area contributed by atoms with Crippen LogP contribution in [0.25, 0.3) is 21.8 Å². The first-order valence-electron chi connectivity index (χ1n) is 9.53. The third kappa shape index (κ3) is 3.15. The number of aromatic nitrogens is 2. The summed E-state index contributed by atoms with van der Waals surface area (Å²) in [7, 11) is 0. The fourth-order valence-electron chi connectivity index (χ4n) is 3.74. The lowest BCUT2D eigenvalue weighted by Gasteiger charge is -2.23. The predicted octanol–water partition coefficient (Wildman–Crippen LogP) is 5.69. The maximum absolute atomic E-state index is 11.1. The Hall–Kier alpha value is -3.92. The van der Waals surface area contributed by atoms with Crippen molar-refractivity contribution in [2.24, 2.45) is 0 Å². The van der Waals surface area contributed by atoms with Crippen molar-refractivity contribution in [1.82, 2.24) is 9.97 Å². The molecule has 2 N–H and O–H groups in total. The second kappa shape index (κ2) is 7.24. The zero-order valence-corrected chi connectivity index (χ0v) is 15.7. The molecule has 5 rings (SSSR count). The van der Waals surface area contributed by atoms with Crippen LogP contribution in [0.1, 0.15) is 17.2 Å². The van der Waals surface area contributed by atoms with Crippen LogP contribution in [0.3, 0.4) is 0 Å². The zero-order valence-electron chi connectivity index (χ0n) is 15.7. The van der Waals surface area contributed by atoms with Gasteiger partial charge in [-0.25, -0.2) is 0 Å². The Morgan fingerprint density at radius 2 is 1.34 bits per heavy atom. The molecule has 0 amide bonds. The Morgan fingerprint density at radius 3 is 2.14 bits per heavy atom. The number of rotatable bonds is 4. The van der Waals surface area contributed by atoms with Gasteiger partial charge < -0.3 is 10.4 Å². The minimum atomic E-state index is -0.254. The standard InChI is InChI=1S/C25H19N3O/c29-25-20(14-13-19-11-6-16-27-24(19)25)22(17-7-2-1-3-8-17)28-21-12-4-9-18-10-5-15-26-23(18)21/h1-16,22,28-29H/t22-/m0/s1. The van der Waals surface area contributed by atoms with Crippen LogP contribution in [0.15, 0.2) is 97.3 Å². The second-order valence-electron chi connectivity index (χ2n) is 6.95. The van der Waals surface area contributed by atoms with Crippen LogP contribution < -0.4 is 5.32 Å². The average molecular weight is 377 g/mol. The van der Waals surface area contributed by atoms with Gasteiger partial charge in [0.1, 0.15) is 11.3 Å². The molecule has 2 heterocycles. The highest BCUT2D eigenvalue weighted by molar-refractivity contribution is 5.91. The van der Waals surface area contributed by atoms with E-state index < -0.39 is 0 Å². The molecule has 4 heteroatoms. The van der Waals surface area contributed by atoms with E-state index >= 15 is 0 Å². The van der Waals surface area contributed by atoms with Crippen LogP contribution in [-0.4, -0.2) is 15.1 Å². The number of nitrogens with one attached hydrogen (secondary N) is 1. The van der Waals surface area contributed by atoms with Crippen LogP contribution in [0.4, 0.5) is 5.69 Å². The summed E-state index contributed by atoms with van der Waals surface area (Å²) in [6.45, 7) is 0. The minimum Gasteiger partial charge on any atom is -0.505 e. The van der Waals surface area contributed by atoms with E-state index in [1.54, 1.807) is 12.4 Å². The number of fused-ring (bicyclic) bond motifs is 2. The van der Waals surface area contributed by atoms with E-state index in [1.165, 1.54) is 0 Å². The maximum Gasteiger partial charge on any atom is 0.147 e. The van der Waals surface area contributed by atoms with Gasteiger partial charge in [0.2, 0.25) is 0 Å². The molecule has 0 aliphatic carbocycles. The molecule has 0 bridgehead atoms. The van der Waals surface area contributed by atoms with Crippen LogP contribution >= 0.6 is 0 Å². The molecule has 5 aromatic rings. The first-order chi connectivity index (χ1) is 14.3. The largest absolute Gasteiger partial charge is 0.505 e. The number of para-hydroxylation sites is 1. The van der Waals surface area contributed by atoms with Crippen LogP contribution in [0, 0.1) is 0 Å². The molecule has 0 radical (unpaired) electrons. The van der Waals surface area contributed by atoms with E-state index in [1.807, 2.05) is 72.8 Å². The van der Waals surface area contributed by atoms with Crippen molar-refractivity contribution >= 4 is 27.5 Å². The Bertz CT molecular complexity index is 1300. The quantitative estimate of drug-likeness (QED) is 0.422. The SMILES string of the molecule is Oc1c([C@@H](Nc2cccc3cccnc23)c2ccccc2)ccc2cccnc12. The number of hydrogen-bond donors (Lipinski definition) is 2. The summed E-state index contributed by atoms with van der Waals surface area (Å²) in [5, 5.41) is 16.6. The number of hydrogen-bond acceptors (Lipinski definition) is 4. The Kier molecular flexibility index (Phi) is 4.30. The van der Waals surface area contributed by atoms with Gasteiger partial charge in [-0.3, -0.25) is 9.97 Å². The first kappa shape index (κ1) is 17.2. The van der Waals surface area contributed by atoms with E-state index in [4.69, 9.17) is 0 Å². The van der Waals surface area contributed by atoms with Crippen LogP contribution in [0.2, 0.25) is 0 Å². The van der Waals surface area contributed by atoms with Crippen molar-refractivity contribution < 1.29 is 5.11 Å². The molecule has 0 aliphatic rings. The Balaban J connectivity index is 1.68. The van der Waals surface area contributed by atoms with Crippen molar-refractivity contribution in [3.8, 4) is 5.75 Å². The third-order valence-electron chi connectivity index (χ3n) is 5.16. The van der Waals surface area contributed by atoms with Gasteiger partial charge >= 0.3 is 0 Å². The van der Waals surface area contributed by atoms with Gasteiger partial charge in [-0.1, -0.05) is 66.7 Å². The van der Waals surface area contributed by atoms with Crippen LogP contribution in [0.5, 0.6) is 5.75 Å². The molecule has 1 atom stereocenters. The fourth-order valence-corrected chi connectivity index (χ4v) is 3.74. The fraction of sp³-hybridized carbons (Fsp3) is 0.0400. The van der Waals surface area contributed by atoms with Crippen molar-refractivity contribution in [2.45, 2.75) is 6.04 Å². The maximum atomic E-state index is 11.1. The topological polar surface area (TPSA) is 58.0 Å². The summed E-state index contributed by atoms with van der Waals surface area (Å²) in [5.41, 5.74) is 4.23.